The van der Waals surface area contributed by atoms with Crippen LogP contribution in [0.2, 0.25) is 0 Å². The molecule has 2 rings (SSSR count). The Bertz CT molecular complexity index is 295. The van der Waals surface area contributed by atoms with Gasteiger partial charge in [0.2, 0.25) is 0 Å². The molecule has 69 valence electrons. The van der Waals surface area contributed by atoms with Gasteiger partial charge in [-0.05, 0) is 18.9 Å². The highest BCUT2D eigenvalue weighted by molar-refractivity contribution is 7.96. The second-order valence-electron chi connectivity index (χ2n) is 2.58. The number of hydrogen-bond donors (Lipinski definition) is 1. The molecule has 0 atom stereocenters. The molecular weight excluding hydrogens is 204 g/mol. The summed E-state index contributed by atoms with van der Waals surface area (Å²) in [4.78, 5) is 4.07. The molecule has 0 unspecified atom stereocenters. The molecule has 1 radical (unpaired) electrons. The van der Waals surface area contributed by atoms with Crippen molar-refractivity contribution in [2.75, 3.05) is 6.67 Å². The molecule has 2 heterocycles. The molecule has 1 N–H and O–H groups in total. The number of rotatable bonds is 3. The van der Waals surface area contributed by atoms with E-state index in [9.17, 15) is 0 Å². The summed E-state index contributed by atoms with van der Waals surface area (Å²) >= 11 is 3.16. The van der Waals surface area contributed by atoms with Crippen LogP contribution in [0, 0.1) is 5.51 Å². The number of aromatic nitrogens is 1. The van der Waals surface area contributed by atoms with Crippen molar-refractivity contribution in [2.45, 2.75) is 12.7 Å². The van der Waals surface area contributed by atoms with Crippen molar-refractivity contribution in [1.29, 1.82) is 0 Å². The van der Waals surface area contributed by atoms with Crippen LogP contribution in [0.1, 0.15) is 12.6 Å². The van der Waals surface area contributed by atoms with Crippen LogP contribution in [0.4, 0.5) is 0 Å². The molecule has 0 aromatic carbocycles. The maximum atomic E-state index is 4.26. The number of hydrazone groups is 1. The number of nitrogens with zero attached hydrogens (tertiary/aromatic N) is 3. The molecule has 0 saturated carbocycles. The Kier molecular flexibility index (Phi) is 2.70. The van der Waals surface area contributed by atoms with Crippen molar-refractivity contribution >= 4 is 29.1 Å². The molecule has 4 nitrogen and oxygen atoms in total. The van der Waals surface area contributed by atoms with Crippen molar-refractivity contribution in [3.63, 3.8) is 0 Å². The first kappa shape index (κ1) is 8.83. The van der Waals surface area contributed by atoms with Crippen LogP contribution < -0.4 is 5.32 Å². The lowest BCUT2D eigenvalue weighted by Crippen LogP contribution is -2.18. The Morgan fingerprint density at radius 3 is 3.38 bits per heavy atom. The predicted octanol–water partition coefficient (Wildman–Crippen LogP) is 1.29. The van der Waals surface area contributed by atoms with Gasteiger partial charge in [-0.2, -0.15) is 5.10 Å². The van der Waals surface area contributed by atoms with Gasteiger partial charge in [-0.3, -0.25) is 0 Å². The van der Waals surface area contributed by atoms with E-state index in [-0.39, 0.29) is 0 Å². The molecule has 0 bridgehead atoms. The summed E-state index contributed by atoms with van der Waals surface area (Å²) in [7, 11) is 0. The van der Waals surface area contributed by atoms with Gasteiger partial charge < -0.3 is 5.32 Å². The van der Waals surface area contributed by atoms with E-state index in [0.29, 0.717) is 0 Å². The average molecular weight is 213 g/mol. The van der Waals surface area contributed by atoms with Crippen molar-refractivity contribution in [3.8, 4) is 0 Å². The average Bonchev–Trinajstić information content (AvgIpc) is 2.71. The van der Waals surface area contributed by atoms with E-state index >= 15 is 0 Å². The number of amidine groups is 1. The van der Waals surface area contributed by atoms with Crippen LogP contribution in [0.5, 0.6) is 0 Å². The maximum absolute atomic E-state index is 4.26. The quantitative estimate of drug-likeness (QED) is 0.768. The Hall–Kier alpha value is -0.750. The van der Waals surface area contributed by atoms with Gasteiger partial charge in [-0.25, -0.2) is 9.40 Å². The van der Waals surface area contributed by atoms with Gasteiger partial charge >= 0.3 is 0 Å². The van der Waals surface area contributed by atoms with Crippen LogP contribution in [0.15, 0.2) is 10.5 Å². The van der Waals surface area contributed by atoms with Gasteiger partial charge in [0.05, 0.1) is 11.4 Å². The summed E-state index contributed by atoms with van der Waals surface area (Å²) < 4.78 is 1.93. The smallest absolute Gasteiger partial charge is 0.152 e. The molecule has 0 fully saturated rings. The molecule has 0 aliphatic carbocycles. The molecule has 1 aliphatic heterocycles. The third-order valence-corrected chi connectivity index (χ3v) is 3.05. The summed E-state index contributed by atoms with van der Waals surface area (Å²) in [6.07, 6.45) is 0. The fourth-order valence-corrected chi connectivity index (χ4v) is 2.27. The molecule has 13 heavy (non-hydrogen) atoms. The van der Waals surface area contributed by atoms with Gasteiger partial charge in [0.15, 0.2) is 5.51 Å². The van der Waals surface area contributed by atoms with E-state index in [4.69, 9.17) is 0 Å². The van der Waals surface area contributed by atoms with Crippen molar-refractivity contribution < 1.29 is 0 Å². The van der Waals surface area contributed by atoms with E-state index < -0.39 is 0 Å². The second kappa shape index (κ2) is 3.97. The lowest BCUT2D eigenvalue weighted by atomic mass is 10.6. The first-order valence-electron chi connectivity index (χ1n) is 3.84. The van der Waals surface area contributed by atoms with E-state index in [1.165, 1.54) is 11.3 Å². The molecular formula is C7H9N4S2. The summed E-state index contributed by atoms with van der Waals surface area (Å²) in [5.41, 5.74) is 3.89. The summed E-state index contributed by atoms with van der Waals surface area (Å²) in [6.45, 7) is 2.74. The Morgan fingerprint density at radius 2 is 2.77 bits per heavy atom. The first-order chi connectivity index (χ1) is 6.34. The Labute approximate surface area is 85.2 Å². The highest BCUT2D eigenvalue weighted by atomic mass is 32.2. The molecule has 1 aromatic heterocycles. The summed E-state index contributed by atoms with van der Waals surface area (Å²) in [5, 5.41) is 9.39. The number of hydrogen-bond acceptors (Lipinski definition) is 6. The van der Waals surface area contributed by atoms with Crippen LogP contribution in [-0.4, -0.2) is 21.9 Å². The minimum Gasteiger partial charge on any atom is -0.353 e. The van der Waals surface area contributed by atoms with Crippen molar-refractivity contribution in [3.05, 3.63) is 16.6 Å². The summed E-state index contributed by atoms with van der Waals surface area (Å²) in [5.74, 6) is 1.83. The minimum absolute atomic E-state index is 0.782. The van der Waals surface area contributed by atoms with Gasteiger partial charge in [-0.15, -0.1) is 11.3 Å². The fourth-order valence-electron chi connectivity index (χ4n) is 0.907. The van der Waals surface area contributed by atoms with E-state index in [0.717, 1.165) is 24.0 Å². The second-order valence-corrected chi connectivity index (χ2v) is 4.20. The van der Waals surface area contributed by atoms with Gasteiger partial charge in [0, 0.05) is 5.38 Å². The third-order valence-electron chi connectivity index (χ3n) is 1.53. The highest BCUT2D eigenvalue weighted by Gasteiger charge is 2.10. The Morgan fingerprint density at radius 1 is 1.85 bits per heavy atom. The molecule has 6 heteroatoms. The van der Waals surface area contributed by atoms with Crippen LogP contribution in [0.3, 0.4) is 0 Å². The van der Waals surface area contributed by atoms with Crippen LogP contribution in [-0.2, 0) is 5.75 Å². The van der Waals surface area contributed by atoms with Gasteiger partial charge in [-0.1, -0.05) is 0 Å². The maximum Gasteiger partial charge on any atom is 0.152 e. The predicted molar refractivity (Wildman–Crippen MR) is 55.2 cm³/mol. The zero-order valence-electron chi connectivity index (χ0n) is 7.15. The van der Waals surface area contributed by atoms with E-state index in [1.807, 2.05) is 16.7 Å². The topological polar surface area (TPSA) is 40.5 Å². The summed E-state index contributed by atoms with van der Waals surface area (Å²) in [6, 6.07) is 0. The van der Waals surface area contributed by atoms with Crippen molar-refractivity contribution in [1.82, 2.24) is 14.7 Å². The number of nitrogens with one attached hydrogen (secondary N) is 1. The monoisotopic (exact) mass is 213 g/mol. The molecule has 1 aromatic rings. The molecule has 0 amide bonds. The lowest BCUT2D eigenvalue weighted by Gasteiger charge is -2.08. The molecule has 0 saturated heterocycles. The zero-order chi connectivity index (χ0) is 9.10. The van der Waals surface area contributed by atoms with Crippen LogP contribution in [0.25, 0.3) is 0 Å². The van der Waals surface area contributed by atoms with Crippen molar-refractivity contribution in [2.24, 2.45) is 5.10 Å². The van der Waals surface area contributed by atoms with Gasteiger partial charge in [0.1, 0.15) is 12.5 Å². The first-order valence-corrected chi connectivity index (χ1v) is 5.67. The highest BCUT2D eigenvalue weighted by Crippen LogP contribution is 2.18. The molecule has 1 aliphatic rings. The van der Waals surface area contributed by atoms with Gasteiger partial charge in [0.25, 0.3) is 0 Å². The molecule has 0 spiro atoms. The Balaban J connectivity index is 1.81. The van der Waals surface area contributed by atoms with E-state index in [1.54, 1.807) is 11.9 Å². The fraction of sp³-hybridized carbons (Fsp3) is 0.429. The zero-order valence-corrected chi connectivity index (χ0v) is 8.78. The number of thiazole rings is 1. The third kappa shape index (κ3) is 2.35. The standard InChI is InChI=1S/C7H9N4S2/c1-6-8-4-11(10-6)13-3-7-2-12-5-9-7/h2H,3-4H2,1H3,(H,8,10). The van der Waals surface area contributed by atoms with E-state index in [2.05, 4.69) is 20.9 Å². The lowest BCUT2D eigenvalue weighted by molar-refractivity contribution is 0.534. The minimum atomic E-state index is 0.782. The SMILES string of the molecule is CC1=NN(SCc2cs[c]n2)CN1. The largest absolute Gasteiger partial charge is 0.353 e. The van der Waals surface area contributed by atoms with Crippen LogP contribution >= 0.6 is 23.3 Å². The normalized spacial score (nSPS) is 15.8.